The number of ketones is 1. The van der Waals surface area contributed by atoms with Gasteiger partial charge < -0.3 is 10.2 Å². The molecule has 0 heterocycles. The average Bonchev–Trinajstić information content (AvgIpc) is 2.95. The van der Waals surface area contributed by atoms with Crippen molar-refractivity contribution in [2.24, 2.45) is 5.92 Å². The fourth-order valence-corrected chi connectivity index (χ4v) is 2.39. The van der Waals surface area contributed by atoms with Gasteiger partial charge in [-0.05, 0) is 25.2 Å². The highest BCUT2D eigenvalue weighted by Gasteiger charge is 2.15. The van der Waals surface area contributed by atoms with E-state index >= 15 is 0 Å². The van der Waals surface area contributed by atoms with Gasteiger partial charge in [0.1, 0.15) is 5.78 Å². The standard InChI is InChI=1S/C13H22O3.C3H6O2/c14-12(7-3-4-8-13(15)16)10-9-11-5-1-2-6-11;1-2-3(4)5/h11H,1-10H2,(H,15,16);2H2,1H3,(H,4,5). The molecular weight excluding hydrogens is 272 g/mol. The predicted molar refractivity (Wildman–Crippen MR) is 80.2 cm³/mol. The molecule has 1 saturated carbocycles. The molecule has 1 rings (SSSR count). The summed E-state index contributed by atoms with van der Waals surface area (Å²) in [6, 6.07) is 0. The van der Waals surface area contributed by atoms with Gasteiger partial charge in [0, 0.05) is 25.7 Å². The Bertz CT molecular complexity index is 319. The predicted octanol–water partition coefficient (Wildman–Crippen LogP) is 3.65. The molecule has 0 spiro atoms. The van der Waals surface area contributed by atoms with Crippen molar-refractivity contribution in [3.05, 3.63) is 0 Å². The van der Waals surface area contributed by atoms with Crippen LogP contribution in [0.5, 0.6) is 0 Å². The summed E-state index contributed by atoms with van der Waals surface area (Å²) in [5.41, 5.74) is 0. The first-order chi connectivity index (χ1) is 9.95. The molecule has 5 nitrogen and oxygen atoms in total. The van der Waals surface area contributed by atoms with Crippen LogP contribution in [0.1, 0.15) is 77.6 Å². The zero-order valence-electron chi connectivity index (χ0n) is 13.0. The minimum absolute atomic E-state index is 0.190. The van der Waals surface area contributed by atoms with E-state index in [0.29, 0.717) is 25.0 Å². The molecule has 0 aromatic heterocycles. The van der Waals surface area contributed by atoms with Crippen molar-refractivity contribution >= 4 is 17.7 Å². The quantitative estimate of drug-likeness (QED) is 0.634. The number of Topliss-reactive ketones (excluding diaryl/α,β-unsaturated/α-hetero) is 1. The molecule has 0 amide bonds. The van der Waals surface area contributed by atoms with Crippen LogP contribution in [0.15, 0.2) is 0 Å². The second kappa shape index (κ2) is 12.4. The maximum atomic E-state index is 11.5. The summed E-state index contributed by atoms with van der Waals surface area (Å²) in [5, 5.41) is 16.2. The van der Waals surface area contributed by atoms with E-state index in [9.17, 15) is 14.4 Å². The number of carbonyl (C=O) groups excluding carboxylic acids is 1. The first-order valence-corrected chi connectivity index (χ1v) is 7.91. The van der Waals surface area contributed by atoms with E-state index in [-0.39, 0.29) is 12.8 Å². The van der Waals surface area contributed by atoms with Gasteiger partial charge in [0.2, 0.25) is 0 Å². The number of carbonyl (C=O) groups is 3. The van der Waals surface area contributed by atoms with Crippen LogP contribution in [0.25, 0.3) is 0 Å². The van der Waals surface area contributed by atoms with Crippen LogP contribution in [0, 0.1) is 5.92 Å². The van der Waals surface area contributed by atoms with Crippen LogP contribution in [-0.2, 0) is 14.4 Å². The molecule has 0 aliphatic heterocycles. The third kappa shape index (κ3) is 13.4. The summed E-state index contributed by atoms with van der Waals surface area (Å²) in [4.78, 5) is 31.1. The number of carboxylic acids is 2. The third-order valence-corrected chi connectivity index (χ3v) is 3.70. The topological polar surface area (TPSA) is 91.7 Å². The fourth-order valence-electron chi connectivity index (χ4n) is 2.39. The fraction of sp³-hybridized carbons (Fsp3) is 0.812. The van der Waals surface area contributed by atoms with Gasteiger partial charge in [0.15, 0.2) is 0 Å². The highest BCUT2D eigenvalue weighted by atomic mass is 16.4. The van der Waals surface area contributed by atoms with E-state index in [1.54, 1.807) is 6.92 Å². The van der Waals surface area contributed by atoms with E-state index in [1.807, 2.05) is 0 Å². The van der Waals surface area contributed by atoms with Crippen molar-refractivity contribution in [1.29, 1.82) is 0 Å². The van der Waals surface area contributed by atoms with Gasteiger partial charge in [-0.2, -0.15) is 0 Å². The first-order valence-electron chi connectivity index (χ1n) is 7.91. The SMILES string of the molecule is CCC(=O)O.O=C(O)CCCCC(=O)CCC1CCCC1. The van der Waals surface area contributed by atoms with E-state index in [0.717, 1.165) is 18.8 Å². The molecular formula is C16H28O5. The van der Waals surface area contributed by atoms with Crippen LogP contribution >= 0.6 is 0 Å². The minimum atomic E-state index is -0.765. The normalized spacial score (nSPS) is 14.3. The second-order valence-corrected chi connectivity index (χ2v) is 5.58. The smallest absolute Gasteiger partial charge is 0.303 e. The number of rotatable bonds is 9. The van der Waals surface area contributed by atoms with Gasteiger partial charge >= 0.3 is 11.9 Å². The maximum Gasteiger partial charge on any atom is 0.303 e. The number of hydrogen-bond acceptors (Lipinski definition) is 3. The summed E-state index contributed by atoms with van der Waals surface area (Å²) in [6.07, 6.45) is 9.36. The molecule has 0 bridgehead atoms. The Labute approximate surface area is 126 Å². The van der Waals surface area contributed by atoms with Gasteiger partial charge in [-0.1, -0.05) is 32.6 Å². The van der Waals surface area contributed by atoms with Crippen LogP contribution in [0.2, 0.25) is 0 Å². The zero-order valence-corrected chi connectivity index (χ0v) is 13.0. The molecule has 1 aliphatic carbocycles. The molecule has 0 aromatic rings. The first kappa shape index (κ1) is 19.6. The minimum Gasteiger partial charge on any atom is -0.481 e. The summed E-state index contributed by atoms with van der Waals surface area (Å²) < 4.78 is 0. The van der Waals surface area contributed by atoms with Gasteiger partial charge in [-0.25, -0.2) is 0 Å². The Hall–Kier alpha value is -1.39. The molecule has 5 heteroatoms. The monoisotopic (exact) mass is 300 g/mol. The van der Waals surface area contributed by atoms with E-state index in [4.69, 9.17) is 10.2 Å². The van der Waals surface area contributed by atoms with Crippen LogP contribution < -0.4 is 0 Å². The highest BCUT2D eigenvalue weighted by Crippen LogP contribution is 2.28. The van der Waals surface area contributed by atoms with E-state index in [1.165, 1.54) is 25.7 Å². The van der Waals surface area contributed by atoms with Gasteiger partial charge in [-0.15, -0.1) is 0 Å². The van der Waals surface area contributed by atoms with Crippen molar-refractivity contribution in [2.75, 3.05) is 0 Å². The molecule has 21 heavy (non-hydrogen) atoms. The Morgan fingerprint density at radius 3 is 1.90 bits per heavy atom. The third-order valence-electron chi connectivity index (χ3n) is 3.70. The van der Waals surface area contributed by atoms with E-state index < -0.39 is 11.9 Å². The zero-order chi connectivity index (χ0) is 16.1. The molecule has 0 saturated heterocycles. The molecule has 0 aromatic carbocycles. The second-order valence-electron chi connectivity index (χ2n) is 5.58. The molecule has 1 aliphatic rings. The van der Waals surface area contributed by atoms with Crippen molar-refractivity contribution in [1.82, 2.24) is 0 Å². The van der Waals surface area contributed by atoms with Crippen molar-refractivity contribution in [3.63, 3.8) is 0 Å². The Morgan fingerprint density at radius 2 is 1.43 bits per heavy atom. The van der Waals surface area contributed by atoms with Crippen molar-refractivity contribution < 1.29 is 24.6 Å². The van der Waals surface area contributed by atoms with Crippen LogP contribution in [0.3, 0.4) is 0 Å². The lowest BCUT2D eigenvalue weighted by molar-refractivity contribution is -0.138. The van der Waals surface area contributed by atoms with Gasteiger partial charge in [0.25, 0.3) is 0 Å². The lowest BCUT2D eigenvalue weighted by Gasteiger charge is -2.07. The Balaban J connectivity index is 0.000000690. The largest absolute Gasteiger partial charge is 0.481 e. The molecule has 0 atom stereocenters. The van der Waals surface area contributed by atoms with Crippen molar-refractivity contribution in [2.45, 2.75) is 77.6 Å². The summed E-state index contributed by atoms with van der Waals surface area (Å²) in [6.45, 7) is 1.60. The molecule has 1 fully saturated rings. The number of aliphatic carboxylic acids is 2. The lowest BCUT2D eigenvalue weighted by atomic mass is 9.98. The number of carboxylic acid groups (broad SMARTS) is 2. The Morgan fingerprint density at radius 1 is 0.905 bits per heavy atom. The highest BCUT2D eigenvalue weighted by molar-refractivity contribution is 5.78. The maximum absolute atomic E-state index is 11.5. The average molecular weight is 300 g/mol. The molecule has 0 unspecified atom stereocenters. The van der Waals surface area contributed by atoms with Gasteiger partial charge in [-0.3, -0.25) is 14.4 Å². The summed E-state index contributed by atoms with van der Waals surface area (Å²) in [5.74, 6) is -0.413. The molecule has 0 radical (unpaired) electrons. The summed E-state index contributed by atoms with van der Waals surface area (Å²) >= 11 is 0. The van der Waals surface area contributed by atoms with Gasteiger partial charge in [0.05, 0.1) is 0 Å². The Kier molecular flexibility index (Phi) is 11.5. The molecule has 2 N–H and O–H groups in total. The number of hydrogen-bond donors (Lipinski definition) is 2. The summed E-state index contributed by atoms with van der Waals surface area (Å²) in [7, 11) is 0. The molecule has 122 valence electrons. The number of unbranched alkanes of at least 4 members (excludes halogenated alkanes) is 1. The van der Waals surface area contributed by atoms with Crippen LogP contribution in [-0.4, -0.2) is 27.9 Å². The van der Waals surface area contributed by atoms with Crippen LogP contribution in [0.4, 0.5) is 0 Å². The van der Waals surface area contributed by atoms with E-state index in [2.05, 4.69) is 0 Å². The lowest BCUT2D eigenvalue weighted by Crippen LogP contribution is -2.03. The van der Waals surface area contributed by atoms with Crippen molar-refractivity contribution in [3.8, 4) is 0 Å².